The molecule has 0 aliphatic rings. The molecule has 0 spiro atoms. The second-order valence-electron chi connectivity index (χ2n) is 5.09. The van der Waals surface area contributed by atoms with E-state index in [4.69, 9.17) is 5.84 Å². The topological polar surface area (TPSA) is 71.2 Å². The van der Waals surface area contributed by atoms with Crippen LogP contribution >= 0.6 is 0 Å². The van der Waals surface area contributed by atoms with Crippen LogP contribution in [0.3, 0.4) is 0 Å². The number of amides is 1. The summed E-state index contributed by atoms with van der Waals surface area (Å²) in [7, 11) is 0. The lowest BCUT2D eigenvalue weighted by Crippen LogP contribution is -2.33. The normalized spacial score (nSPS) is 12.4. The maximum atomic E-state index is 11.4. The van der Waals surface area contributed by atoms with Gasteiger partial charge in [0.2, 0.25) is 0 Å². The molecule has 1 amide bonds. The van der Waals surface area contributed by atoms with Crippen LogP contribution in [0.4, 0.5) is 0 Å². The third-order valence-corrected chi connectivity index (χ3v) is 3.60. The molecule has 3 N–H and O–H groups in total. The van der Waals surface area contributed by atoms with Gasteiger partial charge in [-0.3, -0.25) is 20.1 Å². The standard InChI is InChI=1S/C15H26N4O/c1-4-6-9-19(12(3)5-2)11-14-8-7-13(10-17-14)15(20)18-16/h7-8,10,12H,4-6,9,11,16H2,1-3H3,(H,18,20). The van der Waals surface area contributed by atoms with E-state index in [1.54, 1.807) is 12.3 Å². The van der Waals surface area contributed by atoms with E-state index in [0.717, 1.165) is 25.2 Å². The van der Waals surface area contributed by atoms with Crippen LogP contribution in [0.5, 0.6) is 0 Å². The van der Waals surface area contributed by atoms with E-state index in [9.17, 15) is 4.79 Å². The highest BCUT2D eigenvalue weighted by molar-refractivity contribution is 5.93. The Kier molecular flexibility index (Phi) is 7.18. The van der Waals surface area contributed by atoms with Gasteiger partial charge in [-0.25, -0.2) is 5.84 Å². The molecule has 0 fully saturated rings. The monoisotopic (exact) mass is 278 g/mol. The summed E-state index contributed by atoms with van der Waals surface area (Å²) in [6.07, 6.45) is 5.08. The molecule has 1 rings (SSSR count). The van der Waals surface area contributed by atoms with E-state index < -0.39 is 0 Å². The minimum Gasteiger partial charge on any atom is -0.295 e. The van der Waals surface area contributed by atoms with Crippen LogP contribution in [0, 0.1) is 0 Å². The largest absolute Gasteiger partial charge is 0.295 e. The molecule has 0 bridgehead atoms. The zero-order valence-electron chi connectivity index (χ0n) is 12.7. The van der Waals surface area contributed by atoms with E-state index in [2.05, 4.69) is 36.1 Å². The lowest BCUT2D eigenvalue weighted by Gasteiger charge is -2.28. The number of hydrazine groups is 1. The Labute approximate surface area is 121 Å². The highest BCUT2D eigenvalue weighted by Crippen LogP contribution is 2.11. The van der Waals surface area contributed by atoms with E-state index in [0.29, 0.717) is 11.6 Å². The van der Waals surface area contributed by atoms with Crippen LogP contribution in [0.1, 0.15) is 56.1 Å². The van der Waals surface area contributed by atoms with Crippen molar-refractivity contribution in [1.29, 1.82) is 0 Å². The fourth-order valence-electron chi connectivity index (χ4n) is 2.02. The molecule has 20 heavy (non-hydrogen) atoms. The maximum absolute atomic E-state index is 11.4. The van der Waals surface area contributed by atoms with Gasteiger partial charge in [0.25, 0.3) is 5.91 Å². The van der Waals surface area contributed by atoms with E-state index in [-0.39, 0.29) is 5.91 Å². The van der Waals surface area contributed by atoms with Gasteiger partial charge < -0.3 is 0 Å². The van der Waals surface area contributed by atoms with Gasteiger partial charge in [0.05, 0.1) is 11.3 Å². The predicted octanol–water partition coefficient (Wildman–Crippen LogP) is 2.09. The van der Waals surface area contributed by atoms with Crippen molar-refractivity contribution in [3.05, 3.63) is 29.6 Å². The smallest absolute Gasteiger partial charge is 0.266 e. The number of hydrogen-bond donors (Lipinski definition) is 2. The minimum atomic E-state index is -0.311. The molecule has 5 heteroatoms. The summed E-state index contributed by atoms with van der Waals surface area (Å²) in [6, 6.07) is 4.20. The third-order valence-electron chi connectivity index (χ3n) is 3.60. The first-order chi connectivity index (χ1) is 9.62. The molecule has 5 nitrogen and oxygen atoms in total. The molecular weight excluding hydrogens is 252 g/mol. The zero-order valence-corrected chi connectivity index (χ0v) is 12.7. The second kappa shape index (κ2) is 8.66. The molecule has 1 aromatic rings. The fourth-order valence-corrected chi connectivity index (χ4v) is 2.02. The highest BCUT2D eigenvalue weighted by atomic mass is 16.2. The highest BCUT2D eigenvalue weighted by Gasteiger charge is 2.13. The summed E-state index contributed by atoms with van der Waals surface area (Å²) in [6.45, 7) is 8.54. The van der Waals surface area contributed by atoms with Crippen LogP contribution in [0.25, 0.3) is 0 Å². The Hall–Kier alpha value is -1.46. The molecule has 0 radical (unpaired) electrons. The number of rotatable bonds is 8. The number of carbonyl (C=O) groups excluding carboxylic acids is 1. The number of unbranched alkanes of at least 4 members (excludes halogenated alkanes) is 1. The van der Waals surface area contributed by atoms with Crippen molar-refractivity contribution in [2.75, 3.05) is 6.54 Å². The molecular formula is C15H26N4O. The summed E-state index contributed by atoms with van der Waals surface area (Å²) in [4.78, 5) is 18.1. The molecule has 1 atom stereocenters. The Morgan fingerprint density at radius 3 is 2.70 bits per heavy atom. The van der Waals surface area contributed by atoms with Gasteiger partial charge in [0.1, 0.15) is 0 Å². The second-order valence-corrected chi connectivity index (χ2v) is 5.09. The van der Waals surface area contributed by atoms with Gasteiger partial charge in [-0.15, -0.1) is 0 Å². The van der Waals surface area contributed by atoms with Gasteiger partial charge >= 0.3 is 0 Å². The molecule has 1 unspecified atom stereocenters. The fraction of sp³-hybridized carbons (Fsp3) is 0.600. The van der Waals surface area contributed by atoms with Crippen LogP contribution in [-0.2, 0) is 6.54 Å². The van der Waals surface area contributed by atoms with Gasteiger partial charge in [0, 0.05) is 18.8 Å². The Morgan fingerprint density at radius 2 is 2.20 bits per heavy atom. The lowest BCUT2D eigenvalue weighted by atomic mass is 10.1. The first kappa shape index (κ1) is 16.6. The molecule has 0 aliphatic carbocycles. The van der Waals surface area contributed by atoms with Crippen LogP contribution in [0.2, 0.25) is 0 Å². The number of aromatic nitrogens is 1. The number of pyridine rings is 1. The number of hydrogen-bond acceptors (Lipinski definition) is 4. The summed E-state index contributed by atoms with van der Waals surface area (Å²) >= 11 is 0. The third kappa shape index (κ3) is 4.90. The summed E-state index contributed by atoms with van der Waals surface area (Å²) in [5.74, 6) is 4.79. The number of nitrogen functional groups attached to an aromatic ring is 1. The van der Waals surface area contributed by atoms with Crippen LogP contribution in [-0.4, -0.2) is 28.4 Å². The first-order valence-electron chi connectivity index (χ1n) is 7.32. The van der Waals surface area contributed by atoms with Crippen molar-refractivity contribution in [3.63, 3.8) is 0 Å². The van der Waals surface area contributed by atoms with Crippen LogP contribution < -0.4 is 11.3 Å². The van der Waals surface area contributed by atoms with Crippen molar-refractivity contribution in [3.8, 4) is 0 Å². The van der Waals surface area contributed by atoms with E-state index in [1.807, 2.05) is 6.07 Å². The molecule has 0 aliphatic heterocycles. The predicted molar refractivity (Wildman–Crippen MR) is 81.0 cm³/mol. The Morgan fingerprint density at radius 1 is 1.45 bits per heavy atom. The molecule has 0 saturated carbocycles. The van der Waals surface area contributed by atoms with Crippen molar-refractivity contribution in [1.82, 2.24) is 15.3 Å². The zero-order chi connectivity index (χ0) is 15.0. The number of nitrogens with zero attached hydrogens (tertiary/aromatic N) is 2. The van der Waals surface area contributed by atoms with Crippen molar-refractivity contribution in [2.45, 2.75) is 52.6 Å². The SMILES string of the molecule is CCCCN(Cc1ccc(C(=O)NN)cn1)C(C)CC. The Balaban J connectivity index is 2.70. The van der Waals surface area contributed by atoms with Crippen molar-refractivity contribution < 1.29 is 4.79 Å². The summed E-state index contributed by atoms with van der Waals surface area (Å²) < 4.78 is 0. The maximum Gasteiger partial charge on any atom is 0.266 e. The van der Waals surface area contributed by atoms with Crippen molar-refractivity contribution in [2.24, 2.45) is 5.84 Å². The molecule has 1 heterocycles. The van der Waals surface area contributed by atoms with Gasteiger partial charge in [-0.2, -0.15) is 0 Å². The van der Waals surface area contributed by atoms with Gasteiger partial charge in [-0.1, -0.05) is 20.3 Å². The average molecular weight is 278 g/mol. The summed E-state index contributed by atoms with van der Waals surface area (Å²) in [5, 5.41) is 0. The molecule has 0 aromatic carbocycles. The Bertz CT molecular complexity index is 405. The quantitative estimate of drug-likeness (QED) is 0.434. The number of nitrogens with one attached hydrogen (secondary N) is 1. The van der Waals surface area contributed by atoms with Crippen molar-refractivity contribution >= 4 is 5.91 Å². The average Bonchev–Trinajstić information content (AvgIpc) is 2.50. The van der Waals surface area contributed by atoms with E-state index >= 15 is 0 Å². The number of nitrogens with two attached hydrogens (primary N) is 1. The lowest BCUT2D eigenvalue weighted by molar-refractivity contribution is 0.0953. The van der Waals surface area contributed by atoms with E-state index in [1.165, 1.54) is 12.8 Å². The molecule has 112 valence electrons. The summed E-state index contributed by atoms with van der Waals surface area (Å²) in [5.41, 5.74) is 3.57. The first-order valence-corrected chi connectivity index (χ1v) is 7.32. The van der Waals surface area contributed by atoms with Gasteiger partial charge in [0.15, 0.2) is 0 Å². The van der Waals surface area contributed by atoms with Crippen LogP contribution in [0.15, 0.2) is 18.3 Å². The van der Waals surface area contributed by atoms with Gasteiger partial charge in [-0.05, 0) is 38.4 Å². The molecule has 0 saturated heterocycles. The minimum absolute atomic E-state index is 0.311. The molecule has 1 aromatic heterocycles. The number of carbonyl (C=O) groups is 1.